The van der Waals surface area contributed by atoms with Gasteiger partial charge in [0.1, 0.15) is 5.82 Å². The second-order valence-electron chi connectivity index (χ2n) is 4.33. The van der Waals surface area contributed by atoms with E-state index in [9.17, 15) is 4.39 Å². The number of benzene rings is 1. The Hall–Kier alpha value is -1.10. The van der Waals surface area contributed by atoms with Crippen LogP contribution in [0.2, 0.25) is 4.34 Å². The maximum absolute atomic E-state index is 13.9. The van der Waals surface area contributed by atoms with Crippen LogP contribution in [0.25, 0.3) is 0 Å². The summed E-state index contributed by atoms with van der Waals surface area (Å²) in [5.74, 6) is -0.178. The van der Waals surface area contributed by atoms with E-state index in [0.717, 1.165) is 21.4 Å². The SMILES string of the molecule is CNCc1c(F)cccc1N(C)Cc1ccc(Cl)s1. The van der Waals surface area contributed by atoms with E-state index in [2.05, 4.69) is 5.32 Å². The van der Waals surface area contributed by atoms with Gasteiger partial charge in [0.15, 0.2) is 0 Å². The minimum Gasteiger partial charge on any atom is -0.369 e. The van der Waals surface area contributed by atoms with E-state index in [1.165, 1.54) is 6.07 Å². The highest BCUT2D eigenvalue weighted by Crippen LogP contribution is 2.27. The van der Waals surface area contributed by atoms with Gasteiger partial charge in [-0.25, -0.2) is 4.39 Å². The molecule has 19 heavy (non-hydrogen) atoms. The van der Waals surface area contributed by atoms with Gasteiger partial charge in [0.2, 0.25) is 0 Å². The number of thiophene rings is 1. The smallest absolute Gasteiger partial charge is 0.129 e. The Morgan fingerprint density at radius 3 is 2.74 bits per heavy atom. The van der Waals surface area contributed by atoms with E-state index in [-0.39, 0.29) is 5.82 Å². The summed E-state index contributed by atoms with van der Waals surface area (Å²) in [6.07, 6.45) is 0. The third-order valence-electron chi connectivity index (χ3n) is 2.88. The van der Waals surface area contributed by atoms with Crippen LogP contribution in [-0.2, 0) is 13.1 Å². The number of nitrogens with one attached hydrogen (secondary N) is 1. The van der Waals surface area contributed by atoms with Crippen LogP contribution in [0.1, 0.15) is 10.4 Å². The number of halogens is 2. The van der Waals surface area contributed by atoms with Gasteiger partial charge < -0.3 is 10.2 Å². The summed E-state index contributed by atoms with van der Waals surface area (Å²) in [4.78, 5) is 3.20. The monoisotopic (exact) mass is 298 g/mol. The lowest BCUT2D eigenvalue weighted by molar-refractivity contribution is 0.600. The van der Waals surface area contributed by atoms with Crippen LogP contribution < -0.4 is 10.2 Å². The Bertz CT molecular complexity index is 556. The lowest BCUT2D eigenvalue weighted by Crippen LogP contribution is -2.20. The Kier molecular flexibility index (Phi) is 4.80. The van der Waals surface area contributed by atoms with E-state index in [4.69, 9.17) is 11.6 Å². The van der Waals surface area contributed by atoms with Gasteiger partial charge >= 0.3 is 0 Å². The summed E-state index contributed by atoms with van der Waals surface area (Å²) in [5.41, 5.74) is 1.59. The molecule has 2 aromatic rings. The zero-order chi connectivity index (χ0) is 13.8. The first-order valence-corrected chi connectivity index (χ1v) is 7.18. The molecule has 0 unspecified atom stereocenters. The molecule has 1 aromatic carbocycles. The van der Waals surface area contributed by atoms with E-state index >= 15 is 0 Å². The van der Waals surface area contributed by atoms with E-state index in [1.807, 2.05) is 37.2 Å². The average Bonchev–Trinajstić information content (AvgIpc) is 2.77. The third kappa shape index (κ3) is 3.47. The standard InChI is InChI=1S/C14H16ClFN2S/c1-17-8-11-12(16)4-3-5-13(11)18(2)9-10-6-7-14(15)19-10/h3-7,17H,8-9H2,1-2H3. The Morgan fingerprint density at radius 1 is 1.32 bits per heavy atom. The van der Waals surface area contributed by atoms with Gasteiger partial charge in [-0.3, -0.25) is 0 Å². The van der Waals surface area contributed by atoms with Crippen molar-refractivity contribution >= 4 is 28.6 Å². The normalized spacial score (nSPS) is 10.7. The summed E-state index contributed by atoms with van der Waals surface area (Å²) < 4.78 is 14.6. The molecule has 0 aliphatic carbocycles. The minimum atomic E-state index is -0.178. The predicted molar refractivity (Wildman–Crippen MR) is 80.6 cm³/mol. The molecule has 0 atom stereocenters. The number of nitrogens with zero attached hydrogens (tertiary/aromatic N) is 1. The van der Waals surface area contributed by atoms with Gasteiger partial charge in [0.25, 0.3) is 0 Å². The molecule has 0 aliphatic rings. The van der Waals surface area contributed by atoms with Crippen molar-refractivity contribution in [1.82, 2.24) is 5.32 Å². The summed E-state index contributed by atoms with van der Waals surface area (Å²) >= 11 is 7.47. The fourth-order valence-electron chi connectivity index (χ4n) is 2.01. The van der Waals surface area contributed by atoms with Crippen LogP contribution in [0.3, 0.4) is 0 Å². The molecular weight excluding hydrogens is 283 g/mol. The fourth-order valence-corrected chi connectivity index (χ4v) is 3.15. The van der Waals surface area contributed by atoms with Crippen molar-refractivity contribution in [3.8, 4) is 0 Å². The lowest BCUT2D eigenvalue weighted by atomic mass is 10.1. The highest BCUT2D eigenvalue weighted by molar-refractivity contribution is 7.16. The first-order chi connectivity index (χ1) is 9.11. The lowest BCUT2D eigenvalue weighted by Gasteiger charge is -2.22. The van der Waals surface area contributed by atoms with Gasteiger partial charge in [0, 0.05) is 29.7 Å². The zero-order valence-corrected chi connectivity index (χ0v) is 12.5. The molecule has 2 rings (SSSR count). The second-order valence-corrected chi connectivity index (χ2v) is 6.13. The van der Waals surface area contributed by atoms with Gasteiger partial charge in [-0.2, -0.15) is 0 Å². The molecular formula is C14H16ClFN2S. The van der Waals surface area contributed by atoms with Gasteiger partial charge in [-0.05, 0) is 31.3 Å². The molecule has 0 saturated heterocycles. The predicted octanol–water partition coefficient (Wildman–Crippen LogP) is 3.90. The van der Waals surface area contributed by atoms with Crippen molar-refractivity contribution in [3.05, 3.63) is 50.9 Å². The van der Waals surface area contributed by atoms with Crippen molar-refractivity contribution < 1.29 is 4.39 Å². The zero-order valence-electron chi connectivity index (χ0n) is 10.9. The molecule has 0 spiro atoms. The van der Waals surface area contributed by atoms with E-state index < -0.39 is 0 Å². The van der Waals surface area contributed by atoms with Crippen LogP contribution in [0.15, 0.2) is 30.3 Å². The topological polar surface area (TPSA) is 15.3 Å². The van der Waals surface area contributed by atoms with Gasteiger partial charge in [-0.1, -0.05) is 17.7 Å². The molecule has 1 aromatic heterocycles. The van der Waals surface area contributed by atoms with Crippen LogP contribution >= 0.6 is 22.9 Å². The van der Waals surface area contributed by atoms with Gasteiger partial charge in [-0.15, -0.1) is 11.3 Å². The van der Waals surface area contributed by atoms with Crippen molar-refractivity contribution in [1.29, 1.82) is 0 Å². The Balaban J connectivity index is 2.23. The number of hydrogen-bond acceptors (Lipinski definition) is 3. The molecule has 5 heteroatoms. The van der Waals surface area contributed by atoms with E-state index in [0.29, 0.717) is 12.1 Å². The van der Waals surface area contributed by atoms with Crippen molar-refractivity contribution in [3.63, 3.8) is 0 Å². The maximum Gasteiger partial charge on any atom is 0.129 e. The van der Waals surface area contributed by atoms with Gasteiger partial charge in [0.05, 0.1) is 10.9 Å². The maximum atomic E-state index is 13.9. The number of rotatable bonds is 5. The molecule has 0 saturated carbocycles. The summed E-state index contributed by atoms with van der Waals surface area (Å²) in [5, 5.41) is 3.00. The third-order valence-corrected chi connectivity index (χ3v) is 4.10. The fraction of sp³-hybridized carbons (Fsp3) is 0.286. The highest BCUT2D eigenvalue weighted by Gasteiger charge is 2.12. The summed E-state index contributed by atoms with van der Waals surface area (Å²) in [6.45, 7) is 1.23. The largest absolute Gasteiger partial charge is 0.369 e. The molecule has 1 heterocycles. The Labute approximate surface area is 121 Å². The molecule has 2 nitrogen and oxygen atoms in total. The summed E-state index contributed by atoms with van der Waals surface area (Å²) in [6, 6.07) is 9.05. The molecule has 102 valence electrons. The molecule has 0 fully saturated rings. The highest BCUT2D eigenvalue weighted by atomic mass is 35.5. The molecule has 0 bridgehead atoms. The van der Waals surface area contributed by atoms with Crippen molar-refractivity contribution in [2.75, 3.05) is 19.0 Å². The number of anilines is 1. The number of hydrogen-bond donors (Lipinski definition) is 1. The van der Waals surface area contributed by atoms with E-state index in [1.54, 1.807) is 17.4 Å². The van der Waals surface area contributed by atoms with Crippen molar-refractivity contribution in [2.45, 2.75) is 13.1 Å². The molecule has 0 aliphatic heterocycles. The quantitative estimate of drug-likeness (QED) is 0.901. The van der Waals surface area contributed by atoms with Crippen molar-refractivity contribution in [2.24, 2.45) is 0 Å². The minimum absolute atomic E-state index is 0.178. The van der Waals surface area contributed by atoms with Crippen LogP contribution in [0.5, 0.6) is 0 Å². The average molecular weight is 299 g/mol. The molecule has 0 radical (unpaired) electrons. The Morgan fingerprint density at radius 2 is 2.11 bits per heavy atom. The molecule has 0 amide bonds. The molecule has 1 N–H and O–H groups in total. The van der Waals surface area contributed by atoms with Crippen LogP contribution in [-0.4, -0.2) is 14.1 Å². The second kappa shape index (κ2) is 6.37. The first kappa shape index (κ1) is 14.3. The summed E-state index contributed by atoms with van der Waals surface area (Å²) in [7, 11) is 3.77. The van der Waals surface area contributed by atoms with Crippen LogP contribution in [0.4, 0.5) is 10.1 Å². The first-order valence-electron chi connectivity index (χ1n) is 5.99. The van der Waals surface area contributed by atoms with Crippen LogP contribution in [0, 0.1) is 5.82 Å².